The number of sulfonamides is 1. The molecule has 0 unspecified atom stereocenters. The second-order valence-electron chi connectivity index (χ2n) is 9.97. The summed E-state index contributed by atoms with van der Waals surface area (Å²) in [5.74, 6) is -0.428. The van der Waals surface area contributed by atoms with Crippen LogP contribution in [0.1, 0.15) is 45.2 Å². The topological polar surface area (TPSA) is 96.0 Å². The van der Waals surface area contributed by atoms with Crippen molar-refractivity contribution in [2.24, 2.45) is 0 Å². The number of benzene rings is 3. The first-order valence-corrected chi connectivity index (χ1v) is 15.9. The highest BCUT2D eigenvalue weighted by Crippen LogP contribution is 2.29. The van der Waals surface area contributed by atoms with Gasteiger partial charge in [-0.25, -0.2) is 8.42 Å². The van der Waals surface area contributed by atoms with E-state index in [-0.39, 0.29) is 29.1 Å². The molecule has 2 atom stereocenters. The molecule has 0 bridgehead atoms. The van der Waals surface area contributed by atoms with Gasteiger partial charge in [0.05, 0.1) is 17.2 Å². The summed E-state index contributed by atoms with van der Waals surface area (Å²) in [4.78, 5) is 28.6. The third-order valence-electron chi connectivity index (χ3n) is 6.88. The monoisotopic (exact) mass is 633 g/mol. The van der Waals surface area contributed by atoms with Crippen LogP contribution in [0.25, 0.3) is 0 Å². The fraction of sp³-hybridized carbons (Fsp3) is 0.355. The van der Waals surface area contributed by atoms with Gasteiger partial charge >= 0.3 is 0 Å². The third kappa shape index (κ3) is 8.18. The fourth-order valence-corrected chi connectivity index (χ4v) is 6.07. The van der Waals surface area contributed by atoms with Crippen molar-refractivity contribution in [3.05, 3.63) is 87.9 Å². The molecule has 3 aromatic carbocycles. The van der Waals surface area contributed by atoms with E-state index in [4.69, 9.17) is 27.9 Å². The Balaban J connectivity index is 2.07. The van der Waals surface area contributed by atoms with Gasteiger partial charge in [-0.05, 0) is 82.6 Å². The molecule has 0 saturated carbocycles. The zero-order valence-corrected chi connectivity index (χ0v) is 26.8. The lowest BCUT2D eigenvalue weighted by Gasteiger charge is -2.33. The molecule has 0 aromatic heterocycles. The van der Waals surface area contributed by atoms with E-state index in [2.05, 4.69) is 5.32 Å². The second kappa shape index (κ2) is 14.8. The first kappa shape index (κ1) is 33.2. The molecular weight excluding hydrogens is 597 g/mol. The van der Waals surface area contributed by atoms with Crippen LogP contribution < -0.4 is 14.4 Å². The van der Waals surface area contributed by atoms with Crippen LogP contribution in [0.15, 0.2) is 71.6 Å². The molecule has 0 aliphatic carbocycles. The Morgan fingerprint density at radius 3 is 2.07 bits per heavy atom. The quantitative estimate of drug-likeness (QED) is 0.241. The highest BCUT2D eigenvalue weighted by Gasteiger charge is 2.33. The number of carbonyl (C=O) groups is 2. The van der Waals surface area contributed by atoms with Crippen molar-refractivity contribution >= 4 is 50.7 Å². The highest BCUT2D eigenvalue weighted by atomic mass is 35.5. The number of nitrogens with one attached hydrogen (secondary N) is 1. The minimum absolute atomic E-state index is 0.0260. The number of ether oxygens (including phenoxy) is 1. The summed E-state index contributed by atoms with van der Waals surface area (Å²) >= 11 is 12.9. The molecule has 3 aromatic rings. The summed E-state index contributed by atoms with van der Waals surface area (Å²) in [6.45, 7) is 8.86. The molecule has 42 heavy (non-hydrogen) atoms. The van der Waals surface area contributed by atoms with Crippen molar-refractivity contribution in [3.63, 3.8) is 0 Å². The smallest absolute Gasteiger partial charge is 0.264 e. The van der Waals surface area contributed by atoms with Crippen molar-refractivity contribution in [3.8, 4) is 5.75 Å². The molecule has 2 amide bonds. The molecule has 1 N–H and O–H groups in total. The molecule has 11 heteroatoms. The number of carbonyl (C=O) groups excluding carboxylic acids is 2. The van der Waals surface area contributed by atoms with E-state index in [9.17, 15) is 18.0 Å². The molecule has 0 radical (unpaired) electrons. The van der Waals surface area contributed by atoms with E-state index in [1.54, 1.807) is 61.5 Å². The van der Waals surface area contributed by atoms with Crippen LogP contribution >= 0.6 is 23.2 Å². The molecule has 0 saturated heterocycles. The van der Waals surface area contributed by atoms with Crippen LogP contribution in [-0.2, 0) is 26.2 Å². The third-order valence-corrected chi connectivity index (χ3v) is 9.38. The van der Waals surface area contributed by atoms with Gasteiger partial charge in [0.15, 0.2) is 0 Å². The average molecular weight is 635 g/mol. The van der Waals surface area contributed by atoms with E-state index in [0.29, 0.717) is 34.4 Å². The van der Waals surface area contributed by atoms with Crippen LogP contribution in [0.3, 0.4) is 0 Å². The Morgan fingerprint density at radius 1 is 0.929 bits per heavy atom. The van der Waals surface area contributed by atoms with Crippen LogP contribution in [0.4, 0.5) is 5.69 Å². The summed E-state index contributed by atoms with van der Waals surface area (Å²) in [7, 11) is -4.19. The Hall–Kier alpha value is -3.27. The summed E-state index contributed by atoms with van der Waals surface area (Å²) in [6.07, 6.45) is 0.697. The maximum atomic E-state index is 14.1. The lowest BCUT2D eigenvalue weighted by atomic mass is 10.1. The Bertz CT molecular complexity index is 1460. The van der Waals surface area contributed by atoms with Crippen LogP contribution in [0.2, 0.25) is 10.0 Å². The van der Waals surface area contributed by atoms with Crippen molar-refractivity contribution in [1.82, 2.24) is 10.2 Å². The molecule has 0 aliphatic heterocycles. The predicted molar refractivity (Wildman–Crippen MR) is 168 cm³/mol. The molecular formula is C31H37Cl2N3O5S. The standard InChI is InChI=1S/C31H37Cl2N3O5S/c1-6-22(4)34-31(38)23(5)35(19-27-28(32)9-8-10-29(27)33)30(37)20-36(24-13-15-25(16-14-24)41-7-2)42(39,40)26-17-11-21(3)12-18-26/h8-18,22-23H,6-7,19-20H2,1-5H3,(H,34,38)/t22-,23+/m0/s1. The Kier molecular flexibility index (Phi) is 11.7. The summed E-state index contributed by atoms with van der Waals surface area (Å²) in [5, 5.41) is 3.55. The van der Waals surface area contributed by atoms with Crippen LogP contribution in [-0.4, -0.2) is 50.4 Å². The van der Waals surface area contributed by atoms with Gasteiger partial charge in [0.1, 0.15) is 18.3 Å². The van der Waals surface area contributed by atoms with Gasteiger partial charge in [0.25, 0.3) is 10.0 Å². The Labute approximate surface area is 258 Å². The number of nitrogens with zero attached hydrogens (tertiary/aromatic N) is 2. The minimum atomic E-state index is -4.19. The zero-order valence-electron chi connectivity index (χ0n) is 24.4. The maximum Gasteiger partial charge on any atom is 0.264 e. The van der Waals surface area contributed by atoms with Crippen molar-refractivity contribution < 1.29 is 22.7 Å². The molecule has 8 nitrogen and oxygen atoms in total. The van der Waals surface area contributed by atoms with Crippen molar-refractivity contribution in [2.75, 3.05) is 17.5 Å². The van der Waals surface area contributed by atoms with E-state index >= 15 is 0 Å². The number of anilines is 1. The molecule has 226 valence electrons. The van der Waals surface area contributed by atoms with Crippen molar-refractivity contribution in [1.29, 1.82) is 0 Å². The highest BCUT2D eigenvalue weighted by molar-refractivity contribution is 7.92. The van der Waals surface area contributed by atoms with E-state index in [1.807, 2.05) is 27.7 Å². The first-order valence-electron chi connectivity index (χ1n) is 13.7. The summed E-state index contributed by atoms with van der Waals surface area (Å²) < 4.78 is 34.5. The molecule has 0 fully saturated rings. The number of amides is 2. The molecule has 0 aliphatic rings. The molecule has 3 rings (SSSR count). The number of rotatable bonds is 13. The second-order valence-corrected chi connectivity index (χ2v) is 12.6. The van der Waals surface area contributed by atoms with Gasteiger partial charge in [-0.1, -0.05) is 53.9 Å². The SMILES string of the molecule is CCOc1ccc(N(CC(=O)N(Cc2c(Cl)cccc2Cl)[C@H](C)C(=O)N[C@@H](C)CC)S(=O)(=O)c2ccc(C)cc2)cc1. The first-order chi connectivity index (χ1) is 19.9. The lowest BCUT2D eigenvalue weighted by molar-refractivity contribution is -0.139. The van der Waals surface area contributed by atoms with Gasteiger partial charge in [0, 0.05) is 28.2 Å². The van der Waals surface area contributed by atoms with Gasteiger partial charge < -0.3 is 15.0 Å². The molecule has 0 spiro atoms. The number of halogens is 2. The predicted octanol–water partition coefficient (Wildman–Crippen LogP) is 6.23. The number of hydrogen-bond acceptors (Lipinski definition) is 5. The van der Waals surface area contributed by atoms with Gasteiger partial charge in [-0.3, -0.25) is 13.9 Å². The average Bonchev–Trinajstić information content (AvgIpc) is 2.96. The van der Waals surface area contributed by atoms with Gasteiger partial charge in [-0.2, -0.15) is 0 Å². The van der Waals surface area contributed by atoms with E-state index in [0.717, 1.165) is 9.87 Å². The van der Waals surface area contributed by atoms with Gasteiger partial charge in [0.2, 0.25) is 11.8 Å². The fourth-order valence-electron chi connectivity index (χ4n) is 4.14. The molecule has 0 heterocycles. The largest absolute Gasteiger partial charge is 0.494 e. The minimum Gasteiger partial charge on any atom is -0.494 e. The van der Waals surface area contributed by atoms with E-state index in [1.165, 1.54) is 17.0 Å². The maximum absolute atomic E-state index is 14.1. The summed E-state index contributed by atoms with van der Waals surface area (Å²) in [5.41, 5.74) is 1.60. The Morgan fingerprint density at radius 2 is 1.52 bits per heavy atom. The van der Waals surface area contributed by atoms with Crippen LogP contribution in [0, 0.1) is 6.92 Å². The van der Waals surface area contributed by atoms with Crippen molar-refractivity contribution in [2.45, 2.75) is 64.6 Å². The number of hydrogen-bond donors (Lipinski definition) is 1. The van der Waals surface area contributed by atoms with Crippen LogP contribution in [0.5, 0.6) is 5.75 Å². The van der Waals surface area contributed by atoms with E-state index < -0.39 is 28.5 Å². The normalized spacial score (nSPS) is 12.7. The van der Waals surface area contributed by atoms with Gasteiger partial charge in [-0.15, -0.1) is 0 Å². The lowest BCUT2D eigenvalue weighted by Crippen LogP contribution is -2.52. The number of aryl methyl sites for hydroxylation is 1. The summed E-state index contributed by atoms with van der Waals surface area (Å²) in [6, 6.07) is 16.7. The zero-order chi connectivity index (χ0) is 31.0.